The second-order valence-electron chi connectivity index (χ2n) is 4.40. The second kappa shape index (κ2) is 6.85. The lowest BCUT2D eigenvalue weighted by Crippen LogP contribution is -2.29. The van der Waals surface area contributed by atoms with Crippen molar-refractivity contribution >= 4 is 17.2 Å². The van der Waals surface area contributed by atoms with Gasteiger partial charge in [0.2, 0.25) is 0 Å². The topological polar surface area (TPSA) is 90.1 Å². The number of rotatable bonds is 6. The van der Waals surface area contributed by atoms with E-state index in [1.54, 1.807) is 6.07 Å². The molecule has 1 aromatic carbocycles. The van der Waals surface area contributed by atoms with Crippen LogP contribution in [-0.2, 0) is 6.54 Å². The molecule has 1 aromatic heterocycles. The summed E-state index contributed by atoms with van der Waals surface area (Å²) in [5.74, 6) is 0.675. The number of ether oxygens (including phenoxy) is 1. The first-order valence-electron chi connectivity index (χ1n) is 6.39. The van der Waals surface area contributed by atoms with Crippen LogP contribution in [0.15, 0.2) is 46.1 Å². The van der Waals surface area contributed by atoms with E-state index in [0.29, 0.717) is 30.3 Å². The maximum atomic E-state index is 11.5. The Morgan fingerprint density at radius 3 is 2.86 bits per heavy atom. The monoisotopic (exact) mass is 305 g/mol. The van der Waals surface area contributed by atoms with Gasteiger partial charge in [0.25, 0.3) is 5.56 Å². The summed E-state index contributed by atoms with van der Waals surface area (Å²) in [5, 5.41) is 0. The molecule has 0 atom stereocenters. The molecule has 110 valence electrons. The lowest BCUT2D eigenvalue weighted by molar-refractivity contribution is 0.300. The highest BCUT2D eigenvalue weighted by Crippen LogP contribution is 2.13. The van der Waals surface area contributed by atoms with Crippen molar-refractivity contribution in [1.29, 1.82) is 0 Å². The third kappa shape index (κ3) is 4.28. The first-order valence-corrected chi connectivity index (χ1v) is 6.79. The fourth-order valence-electron chi connectivity index (χ4n) is 1.78. The molecule has 0 spiro atoms. The standard InChI is InChI=1S/C14H15N3O3S/c15-13(21)10-3-1-4-11(9-10)20-8-2-6-17-7-5-12(18)16-14(17)19/h1,3-5,7,9H,2,6,8H2,(H2,15,21)(H,16,18,19). The van der Waals surface area contributed by atoms with Gasteiger partial charge in [-0.05, 0) is 18.6 Å². The van der Waals surface area contributed by atoms with Gasteiger partial charge in [-0.25, -0.2) is 4.79 Å². The van der Waals surface area contributed by atoms with Crippen LogP contribution in [0.25, 0.3) is 0 Å². The number of nitrogens with zero attached hydrogens (tertiary/aromatic N) is 1. The second-order valence-corrected chi connectivity index (χ2v) is 4.84. The van der Waals surface area contributed by atoms with Gasteiger partial charge in [0.05, 0.1) is 6.61 Å². The van der Waals surface area contributed by atoms with Crippen LogP contribution < -0.4 is 21.7 Å². The molecule has 0 fully saturated rings. The van der Waals surface area contributed by atoms with Gasteiger partial charge < -0.3 is 15.0 Å². The average molecular weight is 305 g/mol. The predicted molar refractivity (Wildman–Crippen MR) is 83.8 cm³/mol. The first kappa shape index (κ1) is 15.0. The van der Waals surface area contributed by atoms with Gasteiger partial charge in [-0.2, -0.15) is 0 Å². The van der Waals surface area contributed by atoms with Crippen LogP contribution in [-0.4, -0.2) is 21.1 Å². The molecular formula is C14H15N3O3S. The fourth-order valence-corrected chi connectivity index (χ4v) is 1.91. The average Bonchev–Trinajstić information content (AvgIpc) is 2.45. The summed E-state index contributed by atoms with van der Waals surface area (Å²) in [6, 6.07) is 8.53. The Balaban J connectivity index is 1.87. The molecule has 0 aliphatic heterocycles. The van der Waals surface area contributed by atoms with E-state index in [2.05, 4.69) is 4.98 Å². The van der Waals surface area contributed by atoms with E-state index < -0.39 is 11.2 Å². The molecule has 7 heteroatoms. The molecule has 2 aromatic rings. The minimum absolute atomic E-state index is 0.320. The van der Waals surface area contributed by atoms with Crippen molar-refractivity contribution in [3.05, 3.63) is 62.9 Å². The number of aromatic nitrogens is 2. The summed E-state index contributed by atoms with van der Waals surface area (Å²) in [5.41, 5.74) is 5.48. The van der Waals surface area contributed by atoms with Gasteiger partial charge in [0.1, 0.15) is 10.7 Å². The zero-order chi connectivity index (χ0) is 15.2. The highest BCUT2D eigenvalue weighted by Gasteiger charge is 2.00. The van der Waals surface area contributed by atoms with Crippen molar-refractivity contribution in [2.45, 2.75) is 13.0 Å². The quantitative estimate of drug-likeness (QED) is 0.604. The van der Waals surface area contributed by atoms with Gasteiger partial charge in [-0.3, -0.25) is 9.78 Å². The van der Waals surface area contributed by atoms with Crippen LogP contribution in [0, 0.1) is 0 Å². The number of aromatic amines is 1. The zero-order valence-electron chi connectivity index (χ0n) is 11.2. The third-order valence-corrected chi connectivity index (χ3v) is 3.06. The molecule has 0 saturated heterocycles. The minimum Gasteiger partial charge on any atom is -0.494 e. The molecule has 0 radical (unpaired) electrons. The molecule has 6 nitrogen and oxygen atoms in total. The van der Waals surface area contributed by atoms with E-state index in [1.165, 1.54) is 16.8 Å². The van der Waals surface area contributed by atoms with Gasteiger partial charge in [-0.1, -0.05) is 24.4 Å². The van der Waals surface area contributed by atoms with Gasteiger partial charge >= 0.3 is 5.69 Å². The number of aryl methyl sites for hydroxylation is 1. The van der Waals surface area contributed by atoms with Crippen molar-refractivity contribution < 1.29 is 4.74 Å². The molecular weight excluding hydrogens is 290 g/mol. The van der Waals surface area contributed by atoms with E-state index >= 15 is 0 Å². The SMILES string of the molecule is NC(=S)c1cccc(OCCCn2ccc(=O)[nH]c2=O)c1. The Kier molecular flexibility index (Phi) is 4.89. The highest BCUT2D eigenvalue weighted by atomic mass is 32.1. The predicted octanol–water partition coefficient (Wildman–Crippen LogP) is 0.640. The molecule has 0 aliphatic rings. The molecule has 21 heavy (non-hydrogen) atoms. The third-order valence-electron chi connectivity index (χ3n) is 2.83. The van der Waals surface area contributed by atoms with E-state index in [4.69, 9.17) is 22.7 Å². The summed E-state index contributed by atoms with van der Waals surface area (Å²) in [6.45, 7) is 0.900. The Morgan fingerprint density at radius 1 is 1.33 bits per heavy atom. The maximum absolute atomic E-state index is 11.5. The van der Waals surface area contributed by atoms with Gasteiger partial charge in [0.15, 0.2) is 0 Å². The molecule has 0 bridgehead atoms. The smallest absolute Gasteiger partial charge is 0.328 e. The molecule has 0 saturated carbocycles. The van der Waals surface area contributed by atoms with Crippen LogP contribution in [0.2, 0.25) is 0 Å². The Bertz CT molecular complexity index is 751. The molecule has 1 heterocycles. The van der Waals surface area contributed by atoms with Crippen LogP contribution in [0.5, 0.6) is 5.75 Å². The van der Waals surface area contributed by atoms with Crippen LogP contribution in [0.4, 0.5) is 0 Å². The van der Waals surface area contributed by atoms with Gasteiger partial charge in [-0.15, -0.1) is 0 Å². The fraction of sp³-hybridized carbons (Fsp3) is 0.214. The van der Waals surface area contributed by atoms with Crippen molar-refractivity contribution in [3.8, 4) is 5.75 Å². The summed E-state index contributed by atoms with van der Waals surface area (Å²) in [6.07, 6.45) is 2.10. The largest absolute Gasteiger partial charge is 0.494 e. The van der Waals surface area contributed by atoms with E-state index in [-0.39, 0.29) is 0 Å². The number of nitrogens with one attached hydrogen (secondary N) is 1. The Labute approximate surface area is 126 Å². The lowest BCUT2D eigenvalue weighted by Gasteiger charge is -2.08. The van der Waals surface area contributed by atoms with E-state index in [0.717, 1.165) is 5.56 Å². The first-order chi connectivity index (χ1) is 10.1. The summed E-state index contributed by atoms with van der Waals surface area (Å²) in [7, 11) is 0. The van der Waals surface area contributed by atoms with Gasteiger partial charge in [0, 0.05) is 24.4 Å². The maximum Gasteiger partial charge on any atom is 0.328 e. The van der Waals surface area contributed by atoms with Crippen molar-refractivity contribution in [2.24, 2.45) is 5.73 Å². The Morgan fingerprint density at radius 2 is 2.14 bits per heavy atom. The van der Waals surface area contributed by atoms with Crippen molar-refractivity contribution in [2.75, 3.05) is 6.61 Å². The number of thiocarbonyl (C=S) groups is 1. The van der Waals surface area contributed by atoms with Crippen LogP contribution in [0.3, 0.4) is 0 Å². The van der Waals surface area contributed by atoms with Crippen molar-refractivity contribution in [1.82, 2.24) is 9.55 Å². The highest BCUT2D eigenvalue weighted by molar-refractivity contribution is 7.80. The molecule has 2 rings (SSSR count). The van der Waals surface area contributed by atoms with E-state index in [1.807, 2.05) is 18.2 Å². The summed E-state index contributed by atoms with van der Waals surface area (Å²) >= 11 is 4.90. The molecule has 0 unspecified atom stereocenters. The Hall–Kier alpha value is -2.41. The van der Waals surface area contributed by atoms with Crippen LogP contribution >= 0.6 is 12.2 Å². The van der Waals surface area contributed by atoms with Crippen molar-refractivity contribution in [3.63, 3.8) is 0 Å². The minimum atomic E-state index is -0.419. The number of H-pyrrole nitrogens is 1. The summed E-state index contributed by atoms with van der Waals surface area (Å²) in [4.78, 5) is 24.9. The lowest BCUT2D eigenvalue weighted by atomic mass is 10.2. The molecule has 0 amide bonds. The van der Waals surface area contributed by atoms with E-state index in [9.17, 15) is 9.59 Å². The number of hydrogen-bond donors (Lipinski definition) is 2. The molecule has 3 N–H and O–H groups in total. The zero-order valence-corrected chi connectivity index (χ0v) is 12.1. The summed E-state index contributed by atoms with van der Waals surface area (Å²) < 4.78 is 7.01. The number of hydrogen-bond acceptors (Lipinski definition) is 4. The number of benzene rings is 1. The van der Waals surface area contributed by atoms with Crippen LogP contribution in [0.1, 0.15) is 12.0 Å². The molecule has 0 aliphatic carbocycles. The number of nitrogens with two attached hydrogens (primary N) is 1. The normalized spacial score (nSPS) is 10.3.